The van der Waals surface area contributed by atoms with E-state index in [1.165, 1.54) is 67.2 Å². The molecule has 6 nitrogen and oxygen atoms in total. The zero-order chi connectivity index (χ0) is 16.4. The topological polar surface area (TPSA) is 86.7 Å². The first kappa shape index (κ1) is 18.3. The fourth-order valence-corrected chi connectivity index (χ4v) is 7.87. The van der Waals surface area contributed by atoms with Gasteiger partial charge in [0.15, 0.2) is 0 Å². The number of thiophene rings is 2. The van der Waals surface area contributed by atoms with Gasteiger partial charge in [-0.15, -0.1) is 22.7 Å². The van der Waals surface area contributed by atoms with E-state index in [4.69, 9.17) is 0 Å². The van der Waals surface area contributed by atoms with E-state index < -0.39 is 20.2 Å². The molecule has 0 N–H and O–H groups in total. The molecule has 22 heavy (non-hydrogen) atoms. The summed E-state index contributed by atoms with van der Waals surface area (Å²) in [5.41, 5.74) is 0. The van der Waals surface area contributed by atoms with Crippen molar-refractivity contribution >= 4 is 64.5 Å². The molecule has 0 aromatic carbocycles. The Hall–Kier alpha value is -0.0800. The molecule has 0 amide bonds. The Morgan fingerprint density at radius 1 is 0.818 bits per heavy atom. The minimum absolute atomic E-state index is 0.108. The molecule has 0 saturated carbocycles. The molecule has 0 bridgehead atoms. The Labute approximate surface area is 144 Å². The predicted octanol–water partition coefficient (Wildman–Crippen LogP) is 3.28. The lowest BCUT2D eigenvalue weighted by molar-refractivity contribution is 0.397. The Balaban J connectivity index is 2.06. The van der Waals surface area contributed by atoms with Gasteiger partial charge in [0.25, 0.3) is 20.2 Å². The van der Waals surface area contributed by atoms with Crippen LogP contribution in [0.4, 0.5) is 0 Å². The third-order valence-electron chi connectivity index (χ3n) is 2.32. The Kier molecular flexibility index (Phi) is 5.99. The van der Waals surface area contributed by atoms with E-state index in [1.807, 2.05) is 0 Å². The molecule has 2 heterocycles. The van der Waals surface area contributed by atoms with Crippen molar-refractivity contribution in [3.63, 3.8) is 0 Å². The van der Waals surface area contributed by atoms with Crippen LogP contribution >= 0.6 is 44.3 Å². The molecule has 0 aliphatic heterocycles. The van der Waals surface area contributed by atoms with Crippen LogP contribution in [0.15, 0.2) is 41.1 Å². The summed E-state index contributed by atoms with van der Waals surface area (Å²) >= 11 is 2.55. The van der Waals surface area contributed by atoms with E-state index in [0.717, 1.165) is 22.6 Å². The van der Waals surface area contributed by atoms with Crippen LogP contribution in [-0.4, -0.2) is 31.1 Å². The molecule has 0 aliphatic carbocycles. The summed E-state index contributed by atoms with van der Waals surface area (Å²) in [5, 5.41) is 2.99. The van der Waals surface area contributed by atoms with Gasteiger partial charge in [-0.2, -0.15) is 16.8 Å². The quantitative estimate of drug-likeness (QED) is 0.500. The highest BCUT2D eigenvalue weighted by Gasteiger charge is 2.17. The first-order valence-corrected chi connectivity index (χ1v) is 12.1. The highest BCUT2D eigenvalue weighted by atomic mass is 33.1. The summed E-state index contributed by atoms with van der Waals surface area (Å²) in [6, 6.07) is 3.03. The molecule has 2 aromatic heterocycles. The normalized spacial score (nSPS) is 12.6. The van der Waals surface area contributed by atoms with Crippen molar-refractivity contribution in [1.82, 2.24) is 0 Å². The SMILES string of the molecule is COS(=O)(=O)c1csc(SSc2cc(S(=O)(=O)OC)cs2)c1. The van der Waals surface area contributed by atoms with E-state index in [2.05, 4.69) is 8.37 Å². The van der Waals surface area contributed by atoms with E-state index in [1.54, 1.807) is 0 Å². The maximum absolute atomic E-state index is 11.5. The van der Waals surface area contributed by atoms with Crippen LogP contribution in [0.5, 0.6) is 0 Å². The Morgan fingerprint density at radius 3 is 1.50 bits per heavy atom. The summed E-state index contributed by atoms with van der Waals surface area (Å²) in [6.07, 6.45) is 0. The first-order chi connectivity index (χ1) is 10.3. The van der Waals surface area contributed by atoms with Gasteiger partial charge in [0.2, 0.25) is 0 Å². The van der Waals surface area contributed by atoms with Crippen LogP contribution in [0.2, 0.25) is 0 Å². The largest absolute Gasteiger partial charge is 0.297 e. The smallest absolute Gasteiger partial charge is 0.270 e. The zero-order valence-electron chi connectivity index (χ0n) is 11.2. The summed E-state index contributed by atoms with van der Waals surface area (Å²) in [6.45, 7) is 0. The van der Waals surface area contributed by atoms with Crippen molar-refractivity contribution in [2.75, 3.05) is 14.2 Å². The van der Waals surface area contributed by atoms with Gasteiger partial charge in [0.05, 0.1) is 22.6 Å². The van der Waals surface area contributed by atoms with Crippen molar-refractivity contribution in [3.05, 3.63) is 22.9 Å². The standard InChI is InChI=1S/C10H10O6S6/c1-15-21(11,12)7-3-9(17-5-7)19-20-10-4-8(6-18-10)22(13,14)16-2/h3-6H,1-2H3. The van der Waals surface area contributed by atoms with Crippen LogP contribution < -0.4 is 0 Å². The maximum atomic E-state index is 11.5. The van der Waals surface area contributed by atoms with Gasteiger partial charge in [-0.05, 0) is 33.7 Å². The van der Waals surface area contributed by atoms with Crippen molar-refractivity contribution in [2.45, 2.75) is 18.2 Å². The molecule has 0 fully saturated rings. The minimum Gasteiger partial charge on any atom is -0.270 e. The number of hydrogen-bond acceptors (Lipinski definition) is 10. The molecule has 0 atom stereocenters. The molecule has 0 saturated heterocycles. The van der Waals surface area contributed by atoms with Gasteiger partial charge in [-0.1, -0.05) is 0 Å². The van der Waals surface area contributed by atoms with Gasteiger partial charge in [-0.25, -0.2) is 0 Å². The second-order valence-electron chi connectivity index (χ2n) is 3.61. The molecule has 2 aromatic rings. The van der Waals surface area contributed by atoms with E-state index in [9.17, 15) is 16.8 Å². The van der Waals surface area contributed by atoms with E-state index in [-0.39, 0.29) is 9.79 Å². The molecule has 0 radical (unpaired) electrons. The van der Waals surface area contributed by atoms with Crippen molar-refractivity contribution < 1.29 is 25.2 Å². The van der Waals surface area contributed by atoms with Crippen LogP contribution in [0, 0.1) is 0 Å². The molecule has 2 rings (SSSR count). The van der Waals surface area contributed by atoms with Gasteiger partial charge < -0.3 is 0 Å². The lowest BCUT2D eigenvalue weighted by atomic mass is 10.7. The summed E-state index contributed by atoms with van der Waals surface area (Å²) in [4.78, 5) is 0.217. The van der Waals surface area contributed by atoms with Crippen LogP contribution in [-0.2, 0) is 28.6 Å². The molecule has 122 valence electrons. The summed E-state index contributed by atoms with van der Waals surface area (Å²) in [5.74, 6) is 0. The first-order valence-electron chi connectivity index (χ1n) is 5.41. The second kappa shape index (κ2) is 7.21. The Morgan fingerprint density at radius 2 is 1.18 bits per heavy atom. The number of rotatable bonds is 7. The van der Waals surface area contributed by atoms with Gasteiger partial charge in [0.1, 0.15) is 9.79 Å². The predicted molar refractivity (Wildman–Crippen MR) is 88.7 cm³/mol. The Bertz CT molecular complexity index is 774. The molecule has 0 unspecified atom stereocenters. The van der Waals surface area contributed by atoms with E-state index >= 15 is 0 Å². The average molecular weight is 419 g/mol. The van der Waals surface area contributed by atoms with Gasteiger partial charge >= 0.3 is 0 Å². The molecular formula is C10H10O6S6. The lowest BCUT2D eigenvalue weighted by Crippen LogP contribution is -2.00. The highest BCUT2D eigenvalue weighted by Crippen LogP contribution is 2.44. The third kappa shape index (κ3) is 4.26. The molecule has 0 spiro atoms. The highest BCUT2D eigenvalue weighted by molar-refractivity contribution is 8.77. The average Bonchev–Trinajstić information content (AvgIpc) is 3.14. The molecule has 0 aliphatic rings. The fraction of sp³-hybridized carbons (Fsp3) is 0.200. The maximum Gasteiger partial charge on any atom is 0.297 e. The minimum atomic E-state index is -3.68. The summed E-state index contributed by atoms with van der Waals surface area (Å²) < 4.78 is 56.5. The molecular weight excluding hydrogens is 409 g/mol. The van der Waals surface area contributed by atoms with Crippen molar-refractivity contribution in [1.29, 1.82) is 0 Å². The van der Waals surface area contributed by atoms with Crippen LogP contribution in [0.1, 0.15) is 0 Å². The monoisotopic (exact) mass is 418 g/mol. The van der Waals surface area contributed by atoms with Gasteiger partial charge in [-0.3, -0.25) is 8.37 Å². The fourth-order valence-electron chi connectivity index (χ4n) is 1.22. The molecule has 12 heteroatoms. The third-order valence-corrected chi connectivity index (χ3v) is 10.3. The lowest BCUT2D eigenvalue weighted by Gasteiger charge is -1.96. The van der Waals surface area contributed by atoms with E-state index in [0.29, 0.717) is 0 Å². The van der Waals surface area contributed by atoms with Crippen molar-refractivity contribution in [2.24, 2.45) is 0 Å². The second-order valence-corrected chi connectivity index (χ2v) is 11.6. The van der Waals surface area contributed by atoms with Crippen molar-refractivity contribution in [3.8, 4) is 0 Å². The van der Waals surface area contributed by atoms with Gasteiger partial charge in [0, 0.05) is 10.8 Å². The zero-order valence-corrected chi connectivity index (χ0v) is 16.1. The van der Waals surface area contributed by atoms with Crippen LogP contribution in [0.3, 0.4) is 0 Å². The number of hydrogen-bond donors (Lipinski definition) is 0. The van der Waals surface area contributed by atoms with Crippen LogP contribution in [0.25, 0.3) is 0 Å². The summed E-state index contributed by atoms with van der Waals surface area (Å²) in [7, 11) is -2.47.